The van der Waals surface area contributed by atoms with Gasteiger partial charge in [-0.1, -0.05) is 41.9 Å². The summed E-state index contributed by atoms with van der Waals surface area (Å²) in [7, 11) is 0. The molecule has 3 heterocycles. The Labute approximate surface area is 177 Å². The monoisotopic (exact) mass is 427 g/mol. The van der Waals surface area contributed by atoms with Crippen molar-refractivity contribution in [3.8, 4) is 11.5 Å². The molecule has 0 amide bonds. The number of halogens is 1. The molecule has 0 saturated carbocycles. The first kappa shape index (κ1) is 20.3. The van der Waals surface area contributed by atoms with Gasteiger partial charge >= 0.3 is 5.69 Å². The number of aromatic nitrogens is 4. The largest absolute Gasteiger partial charge is 0.334 e. The summed E-state index contributed by atoms with van der Waals surface area (Å²) < 4.78 is 8.16. The van der Waals surface area contributed by atoms with E-state index in [4.69, 9.17) is 16.1 Å². The second kappa shape index (κ2) is 8.79. The van der Waals surface area contributed by atoms with Gasteiger partial charge in [0.1, 0.15) is 11.0 Å². The third kappa shape index (κ3) is 4.00. The molecule has 0 spiro atoms. The van der Waals surface area contributed by atoms with Gasteiger partial charge in [0.2, 0.25) is 0 Å². The molecule has 0 fully saturated rings. The molecule has 0 saturated heterocycles. The Morgan fingerprint density at radius 3 is 2.67 bits per heavy atom. The van der Waals surface area contributed by atoms with E-state index in [1.54, 1.807) is 4.57 Å². The summed E-state index contributed by atoms with van der Waals surface area (Å²) in [6.45, 7) is 2.80. The van der Waals surface area contributed by atoms with Gasteiger partial charge in [0.15, 0.2) is 5.82 Å². The van der Waals surface area contributed by atoms with Crippen LogP contribution in [-0.2, 0) is 25.9 Å². The fourth-order valence-electron chi connectivity index (χ4n) is 3.56. The lowest BCUT2D eigenvalue weighted by molar-refractivity contribution is 0.420. The molecule has 0 aliphatic carbocycles. The summed E-state index contributed by atoms with van der Waals surface area (Å²) in [6, 6.07) is 9.58. The van der Waals surface area contributed by atoms with Gasteiger partial charge in [-0.3, -0.25) is 13.9 Å². The van der Waals surface area contributed by atoms with E-state index in [1.807, 2.05) is 37.3 Å². The van der Waals surface area contributed by atoms with Crippen LogP contribution in [0.5, 0.6) is 0 Å². The number of hydrogen-bond donors (Lipinski definition) is 0. The topological polar surface area (TPSA) is 95.3 Å². The van der Waals surface area contributed by atoms with Crippen molar-refractivity contribution in [1.82, 2.24) is 19.3 Å². The number of aryl methyl sites for hydroxylation is 1. The Bertz CT molecular complexity index is 1190. The van der Waals surface area contributed by atoms with Gasteiger partial charge in [0, 0.05) is 31.5 Å². The molecule has 1 aromatic carbocycles. The molecule has 156 valence electrons. The summed E-state index contributed by atoms with van der Waals surface area (Å²) in [6.07, 6.45) is 3.02. The van der Waals surface area contributed by atoms with Gasteiger partial charge in [-0.25, -0.2) is 9.79 Å². The van der Waals surface area contributed by atoms with Crippen LogP contribution in [0.4, 0.5) is 5.82 Å². The standard InChI is InChI=1S/C21H22ClN5O3/c1-2-11-26-18-15(13-16(22)23-18)20(28)27(21(26)29)12-7-6-10-17-24-19(30-25-17)14-8-4-3-5-9-14/h3-5,8-9H,2,6-7,10-13H2,1H3. The van der Waals surface area contributed by atoms with Gasteiger partial charge in [0.05, 0.1) is 5.56 Å². The highest BCUT2D eigenvalue weighted by atomic mass is 35.5. The lowest BCUT2D eigenvalue weighted by Gasteiger charge is -2.13. The average molecular weight is 428 g/mol. The first-order valence-corrected chi connectivity index (χ1v) is 10.4. The highest BCUT2D eigenvalue weighted by Crippen LogP contribution is 2.24. The normalized spacial score (nSPS) is 12.8. The maximum Gasteiger partial charge on any atom is 0.332 e. The molecule has 1 aliphatic heterocycles. The van der Waals surface area contributed by atoms with Crippen molar-refractivity contribution in [2.75, 3.05) is 0 Å². The third-order valence-corrected chi connectivity index (χ3v) is 5.23. The van der Waals surface area contributed by atoms with Crippen LogP contribution in [0.25, 0.3) is 11.5 Å². The van der Waals surface area contributed by atoms with Crippen molar-refractivity contribution in [3.63, 3.8) is 0 Å². The lowest BCUT2D eigenvalue weighted by atomic mass is 10.2. The maximum atomic E-state index is 12.8. The zero-order chi connectivity index (χ0) is 21.1. The lowest BCUT2D eigenvalue weighted by Crippen LogP contribution is -2.41. The predicted octanol–water partition coefficient (Wildman–Crippen LogP) is 3.32. The van der Waals surface area contributed by atoms with E-state index >= 15 is 0 Å². The average Bonchev–Trinajstić information content (AvgIpc) is 3.38. The van der Waals surface area contributed by atoms with E-state index in [9.17, 15) is 9.59 Å². The molecule has 2 aromatic heterocycles. The Kier molecular flexibility index (Phi) is 5.94. The van der Waals surface area contributed by atoms with Crippen molar-refractivity contribution < 1.29 is 4.52 Å². The highest BCUT2D eigenvalue weighted by molar-refractivity contribution is 6.66. The van der Waals surface area contributed by atoms with Crippen LogP contribution in [0, 0.1) is 0 Å². The van der Waals surface area contributed by atoms with Crippen molar-refractivity contribution in [2.24, 2.45) is 4.99 Å². The van der Waals surface area contributed by atoms with Crippen LogP contribution >= 0.6 is 11.6 Å². The molecule has 30 heavy (non-hydrogen) atoms. The molecule has 0 unspecified atom stereocenters. The van der Waals surface area contributed by atoms with E-state index < -0.39 is 0 Å². The van der Waals surface area contributed by atoms with Gasteiger partial charge in [-0.05, 0) is 31.4 Å². The number of nitrogens with zero attached hydrogens (tertiary/aromatic N) is 5. The van der Waals surface area contributed by atoms with E-state index in [2.05, 4.69) is 15.1 Å². The minimum absolute atomic E-state index is 0.283. The zero-order valence-electron chi connectivity index (χ0n) is 16.7. The second-order valence-electron chi connectivity index (χ2n) is 7.20. The van der Waals surface area contributed by atoms with Crippen molar-refractivity contribution in [1.29, 1.82) is 0 Å². The third-order valence-electron chi connectivity index (χ3n) is 5.01. The number of benzene rings is 1. The fourth-order valence-corrected chi connectivity index (χ4v) is 3.77. The quantitative estimate of drug-likeness (QED) is 0.514. The molecule has 9 heteroatoms. The highest BCUT2D eigenvalue weighted by Gasteiger charge is 2.24. The maximum absolute atomic E-state index is 12.8. The van der Waals surface area contributed by atoms with Crippen LogP contribution in [0.3, 0.4) is 0 Å². The van der Waals surface area contributed by atoms with Gasteiger partial charge in [-0.15, -0.1) is 0 Å². The Hall–Kier alpha value is -3.00. The van der Waals surface area contributed by atoms with E-state index in [-0.39, 0.29) is 17.7 Å². The molecule has 4 rings (SSSR count). The SMILES string of the molecule is CCCn1c2c(c(=O)n(CCCCc3noc(-c4ccccc4)n3)c1=O)CC(Cl)=N2. The van der Waals surface area contributed by atoms with Gasteiger partial charge in [-0.2, -0.15) is 4.98 Å². The van der Waals surface area contributed by atoms with E-state index in [0.29, 0.717) is 54.2 Å². The summed E-state index contributed by atoms with van der Waals surface area (Å²) in [5.41, 5.74) is 0.742. The smallest absolute Gasteiger partial charge is 0.332 e. The molecule has 8 nitrogen and oxygen atoms in total. The molecule has 3 aromatic rings. The molecule has 0 atom stereocenters. The van der Waals surface area contributed by atoms with Crippen LogP contribution < -0.4 is 11.2 Å². The number of rotatable bonds is 8. The van der Waals surface area contributed by atoms with E-state index in [1.165, 1.54) is 4.57 Å². The molecule has 0 radical (unpaired) electrons. The molecule has 1 aliphatic rings. The van der Waals surface area contributed by atoms with Crippen LogP contribution in [0.1, 0.15) is 37.6 Å². The summed E-state index contributed by atoms with van der Waals surface area (Å²) in [4.78, 5) is 34.2. The van der Waals surface area contributed by atoms with Gasteiger partial charge < -0.3 is 4.52 Å². The second-order valence-corrected chi connectivity index (χ2v) is 7.63. The van der Waals surface area contributed by atoms with Crippen LogP contribution in [0.15, 0.2) is 49.4 Å². The first-order valence-electron chi connectivity index (χ1n) is 10.1. The van der Waals surface area contributed by atoms with Crippen molar-refractivity contribution in [3.05, 3.63) is 62.6 Å². The number of fused-ring (bicyclic) bond motifs is 1. The van der Waals surface area contributed by atoms with Crippen LogP contribution in [0.2, 0.25) is 0 Å². The van der Waals surface area contributed by atoms with Crippen molar-refractivity contribution >= 4 is 22.6 Å². The Morgan fingerprint density at radius 1 is 1.10 bits per heavy atom. The van der Waals surface area contributed by atoms with Crippen molar-refractivity contribution in [2.45, 2.75) is 52.1 Å². The molecule has 0 bridgehead atoms. The van der Waals surface area contributed by atoms with Crippen LogP contribution in [-0.4, -0.2) is 24.4 Å². The summed E-state index contributed by atoms with van der Waals surface area (Å²) >= 11 is 6.03. The zero-order valence-corrected chi connectivity index (χ0v) is 17.4. The minimum Gasteiger partial charge on any atom is -0.334 e. The number of unbranched alkanes of at least 4 members (excludes halogenated alkanes) is 1. The number of aliphatic imine (C=N–C) groups is 1. The molecular weight excluding hydrogens is 406 g/mol. The molecular formula is C21H22ClN5O3. The summed E-state index contributed by atoms with van der Waals surface area (Å²) in [5.74, 6) is 1.51. The Balaban J connectivity index is 1.43. The molecule has 0 N–H and O–H groups in total. The predicted molar refractivity (Wildman–Crippen MR) is 115 cm³/mol. The minimum atomic E-state index is -0.332. The first-order chi connectivity index (χ1) is 14.6. The summed E-state index contributed by atoms with van der Waals surface area (Å²) in [5, 5.41) is 4.36. The number of hydrogen-bond acceptors (Lipinski definition) is 6. The van der Waals surface area contributed by atoms with Gasteiger partial charge in [0.25, 0.3) is 11.4 Å². The van der Waals surface area contributed by atoms with E-state index in [0.717, 1.165) is 18.4 Å². The Morgan fingerprint density at radius 2 is 1.90 bits per heavy atom. The fraction of sp³-hybridized carbons (Fsp3) is 0.381.